The molecule has 0 radical (unpaired) electrons. The molecule has 8 nitrogen and oxygen atoms in total. The van der Waals surface area contributed by atoms with Crippen molar-refractivity contribution < 1.29 is 35.1 Å². The van der Waals surface area contributed by atoms with E-state index in [-0.39, 0.29) is 22.1 Å². The van der Waals surface area contributed by atoms with E-state index in [1.165, 1.54) is 19.2 Å². The number of rotatable bonds is 6. The first-order valence-corrected chi connectivity index (χ1v) is 10.8. The number of sulfone groups is 1. The van der Waals surface area contributed by atoms with Gasteiger partial charge in [-0.2, -0.15) is 26.6 Å². The Labute approximate surface area is 179 Å². The standard InChI is InChI=1S/C16H12BrF5N4O4S/c1-2-31(28,29)11-5-9(17)6-23-13(11)26-14(27)25-7-10(3-4-12(25)24-26)30-8-15(18,19)16(20,21)22/h3-7H,2,8H2,1H3. The van der Waals surface area contributed by atoms with Crippen molar-refractivity contribution in [2.45, 2.75) is 23.9 Å². The van der Waals surface area contributed by atoms with Crippen molar-refractivity contribution in [3.05, 3.63) is 45.5 Å². The van der Waals surface area contributed by atoms with E-state index in [9.17, 15) is 35.2 Å². The van der Waals surface area contributed by atoms with Crippen LogP contribution in [-0.2, 0) is 9.84 Å². The Kier molecular flexibility index (Phi) is 5.86. The van der Waals surface area contributed by atoms with Crippen LogP contribution in [-0.4, -0.2) is 52.0 Å². The van der Waals surface area contributed by atoms with E-state index in [4.69, 9.17) is 0 Å². The van der Waals surface area contributed by atoms with Crippen molar-refractivity contribution in [1.29, 1.82) is 0 Å². The lowest BCUT2D eigenvalue weighted by molar-refractivity contribution is -0.290. The van der Waals surface area contributed by atoms with Crippen LogP contribution in [0.4, 0.5) is 22.0 Å². The molecule has 0 fully saturated rings. The third kappa shape index (κ3) is 4.42. The van der Waals surface area contributed by atoms with Gasteiger partial charge in [-0.3, -0.25) is 0 Å². The Morgan fingerprint density at radius 1 is 1.19 bits per heavy atom. The van der Waals surface area contributed by atoms with Crippen LogP contribution in [0.1, 0.15) is 6.92 Å². The zero-order chi connectivity index (χ0) is 23.2. The fourth-order valence-corrected chi connectivity index (χ4v) is 3.91. The fraction of sp³-hybridized carbons (Fsp3) is 0.312. The van der Waals surface area contributed by atoms with E-state index >= 15 is 0 Å². The minimum Gasteiger partial charge on any atom is -0.485 e. The molecule has 0 aromatic carbocycles. The van der Waals surface area contributed by atoms with Crippen LogP contribution in [0, 0.1) is 0 Å². The first kappa shape index (κ1) is 23.1. The molecule has 0 atom stereocenters. The summed E-state index contributed by atoms with van der Waals surface area (Å²) in [5.41, 5.74) is -0.991. The van der Waals surface area contributed by atoms with E-state index in [1.54, 1.807) is 0 Å². The summed E-state index contributed by atoms with van der Waals surface area (Å²) in [7, 11) is -3.82. The Bertz CT molecular complexity index is 1300. The zero-order valence-electron chi connectivity index (χ0n) is 15.4. The Morgan fingerprint density at radius 3 is 2.48 bits per heavy atom. The normalized spacial score (nSPS) is 13.0. The molecule has 0 aliphatic carbocycles. The predicted octanol–water partition coefficient (Wildman–Crippen LogP) is 3.01. The average molecular weight is 531 g/mol. The monoisotopic (exact) mass is 530 g/mol. The predicted molar refractivity (Wildman–Crippen MR) is 101 cm³/mol. The molecule has 0 unspecified atom stereocenters. The molecule has 168 valence electrons. The molecule has 0 N–H and O–H groups in total. The van der Waals surface area contributed by atoms with Crippen LogP contribution < -0.4 is 10.4 Å². The highest BCUT2D eigenvalue weighted by molar-refractivity contribution is 9.10. The summed E-state index contributed by atoms with van der Waals surface area (Å²) < 4.78 is 94.0. The van der Waals surface area contributed by atoms with Crippen molar-refractivity contribution in [2.75, 3.05) is 12.4 Å². The van der Waals surface area contributed by atoms with Crippen LogP contribution in [0.5, 0.6) is 5.75 Å². The summed E-state index contributed by atoms with van der Waals surface area (Å²) in [5.74, 6) is -6.14. The van der Waals surface area contributed by atoms with Gasteiger partial charge in [0, 0.05) is 10.7 Å². The smallest absolute Gasteiger partial charge is 0.456 e. The molecule has 0 spiro atoms. The Hall–Kier alpha value is -2.55. The van der Waals surface area contributed by atoms with Crippen molar-refractivity contribution in [2.24, 2.45) is 0 Å². The molecule has 0 bridgehead atoms. The minimum absolute atomic E-state index is 0.0514. The van der Waals surface area contributed by atoms with Crippen LogP contribution in [0.25, 0.3) is 11.5 Å². The largest absolute Gasteiger partial charge is 0.485 e. The first-order valence-electron chi connectivity index (χ1n) is 8.34. The van der Waals surface area contributed by atoms with Crippen molar-refractivity contribution in [1.82, 2.24) is 19.2 Å². The number of nitrogens with zero attached hydrogens (tertiary/aromatic N) is 4. The Morgan fingerprint density at radius 2 is 1.87 bits per heavy atom. The second-order valence-corrected chi connectivity index (χ2v) is 9.32. The molecule has 0 amide bonds. The van der Waals surface area contributed by atoms with Gasteiger partial charge in [-0.05, 0) is 34.1 Å². The van der Waals surface area contributed by atoms with Gasteiger partial charge in [0.05, 0.1) is 11.9 Å². The van der Waals surface area contributed by atoms with Gasteiger partial charge in [0.2, 0.25) is 0 Å². The van der Waals surface area contributed by atoms with Crippen molar-refractivity contribution in [3.63, 3.8) is 0 Å². The van der Waals surface area contributed by atoms with Crippen LogP contribution in [0.15, 0.2) is 44.8 Å². The maximum absolute atomic E-state index is 13.1. The molecule has 3 rings (SSSR count). The van der Waals surface area contributed by atoms with Gasteiger partial charge < -0.3 is 4.74 Å². The number of pyridine rings is 2. The van der Waals surface area contributed by atoms with Crippen LogP contribution >= 0.6 is 15.9 Å². The van der Waals surface area contributed by atoms with Gasteiger partial charge in [-0.1, -0.05) is 6.92 Å². The highest BCUT2D eigenvalue weighted by atomic mass is 79.9. The number of fused-ring (bicyclic) bond motifs is 1. The second-order valence-electron chi connectivity index (χ2n) is 6.16. The van der Waals surface area contributed by atoms with Crippen LogP contribution in [0.2, 0.25) is 0 Å². The fourth-order valence-electron chi connectivity index (χ4n) is 2.39. The molecule has 3 heterocycles. The SMILES string of the molecule is CCS(=O)(=O)c1cc(Br)cnc1-n1nc2ccc(OCC(F)(F)C(F)(F)F)cn2c1=O. The molecule has 0 aliphatic heterocycles. The lowest BCUT2D eigenvalue weighted by atomic mass is 10.3. The van der Waals surface area contributed by atoms with E-state index in [0.29, 0.717) is 9.15 Å². The number of ether oxygens (including phenoxy) is 1. The van der Waals surface area contributed by atoms with Crippen LogP contribution in [0.3, 0.4) is 0 Å². The molecular weight excluding hydrogens is 519 g/mol. The first-order chi connectivity index (χ1) is 14.3. The summed E-state index contributed by atoms with van der Waals surface area (Å²) in [6, 6.07) is 3.41. The van der Waals surface area contributed by atoms with Gasteiger partial charge in [0.25, 0.3) is 0 Å². The molecule has 3 aromatic heterocycles. The van der Waals surface area contributed by atoms with E-state index in [0.717, 1.165) is 22.7 Å². The van der Waals surface area contributed by atoms with Gasteiger partial charge >= 0.3 is 17.8 Å². The molecule has 31 heavy (non-hydrogen) atoms. The third-order valence-corrected chi connectivity index (χ3v) is 6.20. The zero-order valence-corrected chi connectivity index (χ0v) is 17.8. The molecule has 3 aromatic rings. The van der Waals surface area contributed by atoms with E-state index < -0.39 is 40.0 Å². The summed E-state index contributed by atoms with van der Waals surface area (Å²) in [5, 5.41) is 3.95. The van der Waals surface area contributed by atoms with Gasteiger partial charge in [-0.15, -0.1) is 5.10 Å². The maximum Gasteiger partial charge on any atom is 0.456 e. The van der Waals surface area contributed by atoms with E-state index in [2.05, 4.69) is 30.7 Å². The van der Waals surface area contributed by atoms with Gasteiger partial charge in [0.1, 0.15) is 10.6 Å². The highest BCUT2D eigenvalue weighted by Crippen LogP contribution is 2.35. The van der Waals surface area contributed by atoms with Crippen molar-refractivity contribution in [3.8, 4) is 11.6 Å². The maximum atomic E-state index is 13.1. The second kappa shape index (κ2) is 7.85. The lowest BCUT2D eigenvalue weighted by Crippen LogP contribution is -2.41. The molecule has 0 saturated carbocycles. The topological polar surface area (TPSA) is 95.6 Å². The number of halogens is 6. The lowest BCUT2D eigenvalue weighted by Gasteiger charge is -2.19. The number of aromatic nitrogens is 4. The average Bonchev–Trinajstić information content (AvgIpc) is 3.01. The quantitative estimate of drug-likeness (QED) is 0.454. The third-order valence-electron chi connectivity index (χ3n) is 4.04. The van der Waals surface area contributed by atoms with Gasteiger partial charge in [-0.25, -0.2) is 22.6 Å². The molecule has 0 saturated heterocycles. The molecule has 15 heteroatoms. The minimum atomic E-state index is -5.80. The summed E-state index contributed by atoms with van der Waals surface area (Å²) in [6.45, 7) is -0.592. The van der Waals surface area contributed by atoms with E-state index in [1.807, 2.05) is 0 Å². The summed E-state index contributed by atoms with van der Waals surface area (Å²) in [4.78, 5) is 16.4. The van der Waals surface area contributed by atoms with Crippen molar-refractivity contribution >= 4 is 31.4 Å². The molecular formula is C16H12BrF5N4O4S. The van der Waals surface area contributed by atoms with Gasteiger partial charge in [0.15, 0.2) is 27.9 Å². The number of hydrogen-bond acceptors (Lipinski definition) is 6. The summed E-state index contributed by atoms with van der Waals surface area (Å²) >= 11 is 3.10. The number of hydrogen-bond donors (Lipinski definition) is 0. The summed E-state index contributed by atoms with van der Waals surface area (Å²) in [6.07, 6.45) is -3.69. The highest BCUT2D eigenvalue weighted by Gasteiger charge is 2.58. The molecule has 0 aliphatic rings. The number of alkyl halides is 5. The Balaban J connectivity index is 2.05.